The Morgan fingerprint density at radius 1 is 1.52 bits per heavy atom. The highest BCUT2D eigenvalue weighted by atomic mass is 16.3. The summed E-state index contributed by atoms with van der Waals surface area (Å²) in [5.41, 5.74) is 1.21. The number of nitrogens with one attached hydrogen (secondary N) is 1. The summed E-state index contributed by atoms with van der Waals surface area (Å²) >= 11 is 0. The van der Waals surface area contributed by atoms with E-state index in [1.54, 1.807) is 12.3 Å². The number of rotatable bonds is 6. The lowest BCUT2D eigenvalue weighted by atomic mass is 10.1. The molecule has 1 N–H and O–H groups in total. The Kier molecular flexibility index (Phi) is 3.82. The minimum Gasteiger partial charge on any atom is -0.463 e. The number of amides is 1. The summed E-state index contributed by atoms with van der Waals surface area (Å²) in [5, 5.41) is 7.03. The normalized spacial score (nSPS) is 14.6. The monoisotopic (exact) mass is 287 g/mol. The lowest BCUT2D eigenvalue weighted by Crippen LogP contribution is -2.34. The maximum Gasteiger partial charge on any atom is 0.274 e. The SMILES string of the molecule is CC(C)CCN(C(=O)c1cc(-c2ccco2)[nH]n1)C1CC1. The average Bonchev–Trinajstić information content (AvgIpc) is 2.96. The van der Waals surface area contributed by atoms with Crippen molar-refractivity contribution in [3.63, 3.8) is 0 Å². The van der Waals surface area contributed by atoms with Crippen molar-refractivity contribution in [3.8, 4) is 11.5 Å². The summed E-state index contributed by atoms with van der Waals surface area (Å²) in [6.07, 6.45) is 4.85. The van der Waals surface area contributed by atoms with Crippen molar-refractivity contribution in [2.45, 2.75) is 39.2 Å². The first-order valence-corrected chi connectivity index (χ1v) is 7.55. The van der Waals surface area contributed by atoms with E-state index in [2.05, 4.69) is 24.0 Å². The third-order valence-corrected chi connectivity index (χ3v) is 3.78. The molecule has 0 bridgehead atoms. The summed E-state index contributed by atoms with van der Waals surface area (Å²) in [6.45, 7) is 5.17. The molecule has 2 heterocycles. The number of nitrogens with zero attached hydrogens (tertiary/aromatic N) is 2. The van der Waals surface area contributed by atoms with Crippen LogP contribution in [0.2, 0.25) is 0 Å². The van der Waals surface area contributed by atoms with Crippen LogP contribution >= 0.6 is 0 Å². The summed E-state index contributed by atoms with van der Waals surface area (Å²) in [7, 11) is 0. The standard InChI is InChI=1S/C16H21N3O2/c1-11(2)7-8-19(12-5-6-12)16(20)14-10-13(17-18-14)15-4-3-9-21-15/h3-4,9-12H,5-8H2,1-2H3,(H,17,18). The molecule has 5 nitrogen and oxygen atoms in total. The van der Waals surface area contributed by atoms with Gasteiger partial charge in [0, 0.05) is 18.7 Å². The van der Waals surface area contributed by atoms with Crippen LogP contribution in [0.5, 0.6) is 0 Å². The van der Waals surface area contributed by atoms with Crippen molar-refractivity contribution in [1.82, 2.24) is 15.1 Å². The minimum atomic E-state index is 0.0206. The average molecular weight is 287 g/mol. The van der Waals surface area contributed by atoms with Crippen LogP contribution in [0.15, 0.2) is 28.9 Å². The highest BCUT2D eigenvalue weighted by Gasteiger charge is 2.33. The van der Waals surface area contributed by atoms with Gasteiger partial charge in [0.05, 0.1) is 6.26 Å². The number of carbonyl (C=O) groups is 1. The molecule has 2 aromatic rings. The molecular formula is C16H21N3O2. The van der Waals surface area contributed by atoms with E-state index >= 15 is 0 Å². The second kappa shape index (κ2) is 5.76. The van der Waals surface area contributed by atoms with Crippen molar-refractivity contribution in [2.75, 3.05) is 6.54 Å². The van der Waals surface area contributed by atoms with Crippen LogP contribution in [-0.2, 0) is 0 Å². The fourth-order valence-electron chi connectivity index (χ4n) is 2.37. The number of hydrogen-bond donors (Lipinski definition) is 1. The fourth-order valence-corrected chi connectivity index (χ4v) is 2.37. The molecule has 0 spiro atoms. The van der Waals surface area contributed by atoms with E-state index in [0.717, 1.165) is 31.5 Å². The molecular weight excluding hydrogens is 266 g/mol. The van der Waals surface area contributed by atoms with E-state index < -0.39 is 0 Å². The summed E-state index contributed by atoms with van der Waals surface area (Å²) in [4.78, 5) is 14.6. The van der Waals surface area contributed by atoms with Crippen LogP contribution in [0.3, 0.4) is 0 Å². The molecule has 21 heavy (non-hydrogen) atoms. The number of hydrogen-bond acceptors (Lipinski definition) is 3. The van der Waals surface area contributed by atoms with Crippen molar-refractivity contribution in [1.29, 1.82) is 0 Å². The third kappa shape index (κ3) is 3.17. The number of carbonyl (C=O) groups excluding carboxylic acids is 1. The van der Waals surface area contributed by atoms with E-state index in [0.29, 0.717) is 23.4 Å². The van der Waals surface area contributed by atoms with Crippen LogP contribution in [0.1, 0.15) is 43.6 Å². The molecule has 0 radical (unpaired) electrons. The number of aromatic amines is 1. The second-order valence-corrected chi connectivity index (χ2v) is 6.06. The smallest absolute Gasteiger partial charge is 0.274 e. The van der Waals surface area contributed by atoms with Gasteiger partial charge in [-0.25, -0.2) is 0 Å². The Balaban J connectivity index is 1.73. The van der Waals surface area contributed by atoms with Gasteiger partial charge in [-0.05, 0) is 37.3 Å². The Hall–Kier alpha value is -2.04. The van der Waals surface area contributed by atoms with E-state index in [1.807, 2.05) is 17.0 Å². The molecule has 0 unspecified atom stereocenters. The van der Waals surface area contributed by atoms with Crippen LogP contribution in [0, 0.1) is 5.92 Å². The number of aromatic nitrogens is 2. The molecule has 0 aliphatic heterocycles. The maximum absolute atomic E-state index is 12.6. The molecule has 1 fully saturated rings. The molecule has 2 aromatic heterocycles. The minimum absolute atomic E-state index is 0.0206. The lowest BCUT2D eigenvalue weighted by molar-refractivity contribution is 0.0729. The molecule has 112 valence electrons. The van der Waals surface area contributed by atoms with Gasteiger partial charge >= 0.3 is 0 Å². The van der Waals surface area contributed by atoms with Crippen molar-refractivity contribution in [2.24, 2.45) is 5.92 Å². The largest absolute Gasteiger partial charge is 0.463 e. The highest BCUT2D eigenvalue weighted by molar-refractivity contribution is 5.93. The first kappa shape index (κ1) is 13.9. The van der Waals surface area contributed by atoms with E-state index in [-0.39, 0.29) is 5.91 Å². The van der Waals surface area contributed by atoms with Gasteiger partial charge in [-0.2, -0.15) is 5.10 Å². The van der Waals surface area contributed by atoms with Gasteiger partial charge in [0.15, 0.2) is 11.5 Å². The van der Waals surface area contributed by atoms with E-state index in [1.165, 1.54) is 0 Å². The van der Waals surface area contributed by atoms with Crippen LogP contribution in [0.4, 0.5) is 0 Å². The van der Waals surface area contributed by atoms with Gasteiger partial charge in [-0.15, -0.1) is 0 Å². The summed E-state index contributed by atoms with van der Waals surface area (Å²) in [6, 6.07) is 5.84. The lowest BCUT2D eigenvalue weighted by Gasteiger charge is -2.22. The summed E-state index contributed by atoms with van der Waals surface area (Å²) in [5.74, 6) is 1.31. The molecule has 1 aliphatic rings. The molecule has 0 aromatic carbocycles. The van der Waals surface area contributed by atoms with Crippen LogP contribution in [0.25, 0.3) is 11.5 Å². The molecule has 0 saturated heterocycles. The van der Waals surface area contributed by atoms with E-state index in [9.17, 15) is 4.79 Å². The zero-order valence-electron chi connectivity index (χ0n) is 12.5. The highest BCUT2D eigenvalue weighted by Crippen LogP contribution is 2.29. The molecule has 5 heteroatoms. The first-order valence-electron chi connectivity index (χ1n) is 7.55. The van der Waals surface area contributed by atoms with Crippen LogP contribution in [-0.4, -0.2) is 33.6 Å². The van der Waals surface area contributed by atoms with Gasteiger partial charge in [0.2, 0.25) is 0 Å². The van der Waals surface area contributed by atoms with Crippen LogP contribution < -0.4 is 0 Å². The molecule has 0 atom stereocenters. The van der Waals surface area contributed by atoms with Gasteiger partial charge in [0.1, 0.15) is 5.69 Å². The van der Waals surface area contributed by atoms with Crippen molar-refractivity contribution in [3.05, 3.63) is 30.2 Å². The fraction of sp³-hybridized carbons (Fsp3) is 0.500. The topological polar surface area (TPSA) is 62.1 Å². The van der Waals surface area contributed by atoms with Gasteiger partial charge in [0.25, 0.3) is 5.91 Å². The number of furan rings is 1. The van der Waals surface area contributed by atoms with Gasteiger partial charge in [-0.3, -0.25) is 9.89 Å². The summed E-state index contributed by atoms with van der Waals surface area (Å²) < 4.78 is 5.32. The predicted octanol–water partition coefficient (Wildman–Crippen LogP) is 3.32. The quantitative estimate of drug-likeness (QED) is 0.886. The van der Waals surface area contributed by atoms with Gasteiger partial charge in [-0.1, -0.05) is 13.8 Å². The molecule has 1 aliphatic carbocycles. The molecule has 1 saturated carbocycles. The van der Waals surface area contributed by atoms with Gasteiger partial charge < -0.3 is 9.32 Å². The second-order valence-electron chi connectivity index (χ2n) is 6.06. The first-order chi connectivity index (χ1) is 10.1. The predicted molar refractivity (Wildman–Crippen MR) is 79.8 cm³/mol. The zero-order valence-corrected chi connectivity index (χ0v) is 12.5. The van der Waals surface area contributed by atoms with E-state index in [4.69, 9.17) is 4.42 Å². The molecule has 3 rings (SSSR count). The molecule has 1 amide bonds. The Morgan fingerprint density at radius 3 is 2.95 bits per heavy atom. The van der Waals surface area contributed by atoms with Crippen molar-refractivity contribution < 1.29 is 9.21 Å². The Bertz CT molecular complexity index is 597. The number of H-pyrrole nitrogens is 1. The third-order valence-electron chi connectivity index (χ3n) is 3.78. The Labute approximate surface area is 124 Å². The maximum atomic E-state index is 12.6. The zero-order chi connectivity index (χ0) is 14.8. The van der Waals surface area contributed by atoms with Crippen molar-refractivity contribution >= 4 is 5.91 Å². The Morgan fingerprint density at radius 2 is 2.33 bits per heavy atom.